The van der Waals surface area contributed by atoms with Crippen molar-refractivity contribution in [1.82, 2.24) is 9.36 Å². The minimum atomic E-state index is -1.10. The summed E-state index contributed by atoms with van der Waals surface area (Å²) in [4.78, 5) is 28.6. The van der Waals surface area contributed by atoms with Gasteiger partial charge in [0.25, 0.3) is 5.91 Å². The SMILES string of the molecule is Cc1nsc(N(C)C(=O)c2ccccn2)c1C(=O)O. The molecule has 0 saturated carbocycles. The number of aromatic nitrogens is 2. The molecule has 98 valence electrons. The van der Waals surface area contributed by atoms with Crippen LogP contribution in [-0.4, -0.2) is 33.4 Å². The zero-order valence-electron chi connectivity index (χ0n) is 10.3. The van der Waals surface area contributed by atoms with Gasteiger partial charge in [0.05, 0.1) is 5.69 Å². The highest BCUT2D eigenvalue weighted by molar-refractivity contribution is 7.11. The highest BCUT2D eigenvalue weighted by atomic mass is 32.1. The molecule has 0 atom stereocenters. The molecule has 0 unspecified atom stereocenters. The predicted molar refractivity (Wildman–Crippen MR) is 70.8 cm³/mol. The van der Waals surface area contributed by atoms with E-state index in [1.807, 2.05) is 0 Å². The van der Waals surface area contributed by atoms with E-state index in [-0.39, 0.29) is 17.2 Å². The molecule has 2 aromatic heterocycles. The Hall–Kier alpha value is -2.28. The van der Waals surface area contributed by atoms with Crippen molar-refractivity contribution in [3.05, 3.63) is 41.3 Å². The molecular formula is C12H11N3O3S. The Morgan fingerprint density at radius 1 is 1.37 bits per heavy atom. The number of carboxylic acid groups (broad SMARTS) is 1. The van der Waals surface area contributed by atoms with Crippen molar-refractivity contribution < 1.29 is 14.7 Å². The number of carboxylic acids is 1. The summed E-state index contributed by atoms with van der Waals surface area (Å²) < 4.78 is 3.98. The van der Waals surface area contributed by atoms with E-state index in [0.717, 1.165) is 11.5 Å². The lowest BCUT2D eigenvalue weighted by molar-refractivity contribution is 0.0697. The van der Waals surface area contributed by atoms with Crippen molar-refractivity contribution in [3.63, 3.8) is 0 Å². The lowest BCUT2D eigenvalue weighted by Gasteiger charge is -2.15. The van der Waals surface area contributed by atoms with E-state index in [2.05, 4.69) is 9.36 Å². The van der Waals surface area contributed by atoms with Crippen LogP contribution in [-0.2, 0) is 0 Å². The summed E-state index contributed by atoms with van der Waals surface area (Å²) in [5, 5.41) is 9.46. The van der Waals surface area contributed by atoms with E-state index < -0.39 is 5.97 Å². The molecule has 0 aliphatic heterocycles. The van der Waals surface area contributed by atoms with E-state index in [4.69, 9.17) is 5.11 Å². The van der Waals surface area contributed by atoms with Gasteiger partial charge in [-0.1, -0.05) is 6.07 Å². The van der Waals surface area contributed by atoms with Crippen molar-refractivity contribution in [2.45, 2.75) is 6.92 Å². The summed E-state index contributed by atoms with van der Waals surface area (Å²) in [5.74, 6) is -1.46. The van der Waals surface area contributed by atoms with Gasteiger partial charge in [0, 0.05) is 13.2 Å². The van der Waals surface area contributed by atoms with Gasteiger partial charge in [-0.05, 0) is 30.6 Å². The number of nitrogens with zero attached hydrogens (tertiary/aromatic N) is 3. The standard InChI is InChI=1S/C12H11N3O3S/c1-7-9(12(17)18)11(19-14-7)15(2)10(16)8-5-3-4-6-13-8/h3-6H,1-2H3,(H,17,18). The Morgan fingerprint density at radius 3 is 2.68 bits per heavy atom. The molecule has 2 aromatic rings. The van der Waals surface area contributed by atoms with Gasteiger partial charge in [-0.3, -0.25) is 14.7 Å². The summed E-state index contributed by atoms with van der Waals surface area (Å²) in [6, 6.07) is 4.98. The first-order chi connectivity index (χ1) is 9.02. The molecule has 1 N–H and O–H groups in total. The Kier molecular flexibility index (Phi) is 3.57. The Balaban J connectivity index is 2.38. The van der Waals surface area contributed by atoms with Crippen molar-refractivity contribution in [1.29, 1.82) is 0 Å². The first kappa shape index (κ1) is 13.2. The third-order valence-electron chi connectivity index (χ3n) is 2.55. The van der Waals surface area contributed by atoms with Crippen LogP contribution in [0.2, 0.25) is 0 Å². The molecule has 7 heteroatoms. The fourth-order valence-corrected chi connectivity index (χ4v) is 2.43. The quantitative estimate of drug-likeness (QED) is 0.925. The lowest BCUT2D eigenvalue weighted by Crippen LogP contribution is -2.27. The van der Waals surface area contributed by atoms with Crippen LogP contribution in [0.3, 0.4) is 0 Å². The van der Waals surface area contributed by atoms with Gasteiger partial charge in [0.15, 0.2) is 0 Å². The van der Waals surface area contributed by atoms with E-state index in [9.17, 15) is 9.59 Å². The van der Waals surface area contributed by atoms with Gasteiger partial charge in [-0.2, -0.15) is 4.37 Å². The zero-order valence-corrected chi connectivity index (χ0v) is 11.1. The van der Waals surface area contributed by atoms with Crippen LogP contribution >= 0.6 is 11.5 Å². The predicted octanol–water partition coefficient (Wildman–Crippen LogP) is 1.82. The van der Waals surface area contributed by atoms with Crippen molar-refractivity contribution in [2.75, 3.05) is 11.9 Å². The third kappa shape index (κ3) is 2.45. The van der Waals surface area contributed by atoms with Crippen LogP contribution in [0.15, 0.2) is 24.4 Å². The topological polar surface area (TPSA) is 83.4 Å². The lowest BCUT2D eigenvalue weighted by atomic mass is 10.2. The number of aromatic carboxylic acids is 1. The summed E-state index contributed by atoms with van der Waals surface area (Å²) in [7, 11) is 1.51. The molecule has 0 saturated heterocycles. The molecule has 0 aliphatic rings. The second kappa shape index (κ2) is 5.15. The minimum absolute atomic E-state index is 0.0526. The maximum absolute atomic E-state index is 12.2. The van der Waals surface area contributed by atoms with Crippen LogP contribution in [0.4, 0.5) is 5.00 Å². The molecule has 0 aromatic carbocycles. The molecule has 1 amide bonds. The van der Waals surface area contributed by atoms with Gasteiger partial charge in [-0.25, -0.2) is 4.79 Å². The molecule has 19 heavy (non-hydrogen) atoms. The van der Waals surface area contributed by atoms with Crippen molar-refractivity contribution in [3.8, 4) is 0 Å². The van der Waals surface area contributed by atoms with Crippen LogP contribution in [0.1, 0.15) is 26.5 Å². The maximum Gasteiger partial charge on any atom is 0.340 e. The highest BCUT2D eigenvalue weighted by Crippen LogP contribution is 2.28. The summed E-state index contributed by atoms with van der Waals surface area (Å²) in [6.07, 6.45) is 1.51. The van der Waals surface area contributed by atoms with Gasteiger partial charge in [-0.15, -0.1) is 0 Å². The fraction of sp³-hybridized carbons (Fsp3) is 0.167. The number of hydrogen-bond donors (Lipinski definition) is 1. The normalized spacial score (nSPS) is 10.2. The zero-order chi connectivity index (χ0) is 14.0. The number of aryl methyl sites for hydroxylation is 1. The number of pyridine rings is 1. The third-order valence-corrected chi connectivity index (χ3v) is 3.57. The number of hydrogen-bond acceptors (Lipinski definition) is 5. The highest BCUT2D eigenvalue weighted by Gasteiger charge is 2.24. The molecule has 0 radical (unpaired) electrons. The second-order valence-corrected chi connectivity index (χ2v) is 4.58. The van der Waals surface area contributed by atoms with Gasteiger partial charge in [0.2, 0.25) is 0 Å². The van der Waals surface area contributed by atoms with E-state index in [0.29, 0.717) is 10.7 Å². The average molecular weight is 277 g/mol. The van der Waals surface area contributed by atoms with Crippen LogP contribution in [0.5, 0.6) is 0 Å². The summed E-state index contributed by atoms with van der Waals surface area (Å²) in [5.41, 5.74) is 0.706. The number of amides is 1. The molecule has 0 aliphatic carbocycles. The largest absolute Gasteiger partial charge is 0.478 e. The van der Waals surface area contributed by atoms with Gasteiger partial charge in [0.1, 0.15) is 16.3 Å². The molecule has 6 nitrogen and oxygen atoms in total. The minimum Gasteiger partial charge on any atom is -0.478 e. The Morgan fingerprint density at radius 2 is 2.11 bits per heavy atom. The number of rotatable bonds is 3. The number of carbonyl (C=O) groups is 2. The monoisotopic (exact) mass is 277 g/mol. The van der Waals surface area contributed by atoms with E-state index in [1.54, 1.807) is 25.1 Å². The molecular weight excluding hydrogens is 266 g/mol. The van der Waals surface area contributed by atoms with E-state index >= 15 is 0 Å². The fourth-order valence-electron chi connectivity index (χ4n) is 1.59. The second-order valence-electron chi connectivity index (χ2n) is 3.83. The molecule has 0 fully saturated rings. The van der Waals surface area contributed by atoms with Crippen LogP contribution in [0, 0.1) is 6.92 Å². The summed E-state index contributed by atoms with van der Waals surface area (Å²) in [6.45, 7) is 1.60. The molecule has 2 rings (SSSR count). The first-order valence-electron chi connectivity index (χ1n) is 5.41. The van der Waals surface area contributed by atoms with Crippen LogP contribution in [0.25, 0.3) is 0 Å². The molecule has 0 spiro atoms. The maximum atomic E-state index is 12.2. The van der Waals surface area contributed by atoms with Crippen molar-refractivity contribution >= 4 is 28.4 Å². The van der Waals surface area contributed by atoms with Crippen LogP contribution < -0.4 is 4.90 Å². The number of carbonyl (C=O) groups excluding carboxylic acids is 1. The first-order valence-corrected chi connectivity index (χ1v) is 6.18. The van der Waals surface area contributed by atoms with Gasteiger partial charge < -0.3 is 5.11 Å². The Bertz CT molecular complexity index is 624. The van der Waals surface area contributed by atoms with E-state index in [1.165, 1.54) is 18.1 Å². The average Bonchev–Trinajstić information content (AvgIpc) is 2.80. The molecule has 0 bridgehead atoms. The van der Waals surface area contributed by atoms with Crippen molar-refractivity contribution in [2.24, 2.45) is 0 Å². The summed E-state index contributed by atoms with van der Waals surface area (Å²) >= 11 is 0.982. The van der Waals surface area contributed by atoms with Gasteiger partial charge >= 0.3 is 5.97 Å². The molecule has 2 heterocycles. The Labute approximate surface area is 113 Å². The smallest absolute Gasteiger partial charge is 0.340 e. The number of anilines is 1.